The van der Waals surface area contributed by atoms with Crippen LogP contribution >= 0.6 is 0 Å². The van der Waals surface area contributed by atoms with Crippen molar-refractivity contribution in [1.82, 2.24) is 9.80 Å². The fourth-order valence-electron chi connectivity index (χ4n) is 3.87. The number of carbonyl (C=O) groups is 1. The Labute approximate surface area is 153 Å². The fourth-order valence-corrected chi connectivity index (χ4v) is 3.87. The number of nitrogens with zero attached hydrogens (tertiary/aromatic N) is 2. The Hall–Kier alpha value is -2.31. The summed E-state index contributed by atoms with van der Waals surface area (Å²) in [5.41, 5.74) is 1.29. The van der Waals surface area contributed by atoms with Crippen LogP contribution in [0, 0.1) is 0 Å². The molecular formula is C20H24N2O4. The quantitative estimate of drug-likeness (QED) is 0.859. The molecule has 1 atom stereocenters. The van der Waals surface area contributed by atoms with E-state index >= 15 is 0 Å². The average Bonchev–Trinajstić information content (AvgIpc) is 3.30. The van der Waals surface area contributed by atoms with Crippen molar-refractivity contribution in [2.75, 3.05) is 26.2 Å². The molecule has 2 fully saturated rings. The fraction of sp³-hybridized carbons (Fsp3) is 0.450. The maximum absolute atomic E-state index is 10.8. The minimum Gasteiger partial charge on any atom is -0.486 e. The number of carboxylic acid groups (broad SMARTS) is 1. The van der Waals surface area contributed by atoms with E-state index in [9.17, 15) is 4.79 Å². The zero-order valence-electron chi connectivity index (χ0n) is 14.8. The molecule has 2 aliphatic heterocycles. The highest BCUT2D eigenvalue weighted by Gasteiger charge is 2.30. The van der Waals surface area contributed by atoms with Gasteiger partial charge < -0.3 is 14.3 Å². The summed E-state index contributed by atoms with van der Waals surface area (Å²) < 4.78 is 10.9. The van der Waals surface area contributed by atoms with E-state index in [-0.39, 0.29) is 12.4 Å². The summed E-state index contributed by atoms with van der Waals surface area (Å²) in [6, 6.07) is 11.9. The molecule has 0 unspecified atom stereocenters. The maximum Gasteiger partial charge on any atom is 0.371 e. The van der Waals surface area contributed by atoms with Crippen LogP contribution in [0.3, 0.4) is 0 Å². The first kappa shape index (κ1) is 17.1. The number of carboxylic acids is 1. The molecule has 0 radical (unpaired) electrons. The summed E-state index contributed by atoms with van der Waals surface area (Å²) in [5, 5.41) is 8.86. The number of furan rings is 1. The number of aromatic carboxylic acids is 1. The van der Waals surface area contributed by atoms with Crippen LogP contribution in [0.4, 0.5) is 0 Å². The van der Waals surface area contributed by atoms with Crippen molar-refractivity contribution in [3.63, 3.8) is 0 Å². The standard InChI is InChI=1S/C20H24N2O4/c23-20(24)19-8-7-18(26-19)14-25-17-5-3-15(4-6-17)12-21-10-11-22-9-1-2-16(22)13-21/h3-8,16H,1-2,9-14H2,(H,23,24)/t16-/m0/s1. The first-order valence-electron chi connectivity index (χ1n) is 9.17. The van der Waals surface area contributed by atoms with Gasteiger partial charge in [-0.3, -0.25) is 9.80 Å². The highest BCUT2D eigenvalue weighted by Crippen LogP contribution is 2.23. The van der Waals surface area contributed by atoms with Gasteiger partial charge in [0.25, 0.3) is 0 Å². The van der Waals surface area contributed by atoms with Crippen molar-refractivity contribution in [3.8, 4) is 5.75 Å². The van der Waals surface area contributed by atoms with Crippen molar-refractivity contribution in [2.45, 2.75) is 32.0 Å². The van der Waals surface area contributed by atoms with Gasteiger partial charge in [0.15, 0.2) is 0 Å². The third kappa shape index (κ3) is 3.92. The molecule has 3 heterocycles. The summed E-state index contributed by atoms with van der Waals surface area (Å²) in [7, 11) is 0. The predicted octanol–water partition coefficient (Wildman–Crippen LogP) is 2.84. The van der Waals surface area contributed by atoms with E-state index in [0.29, 0.717) is 5.76 Å². The van der Waals surface area contributed by atoms with E-state index in [4.69, 9.17) is 14.3 Å². The Balaban J connectivity index is 1.28. The van der Waals surface area contributed by atoms with Crippen LogP contribution in [0.15, 0.2) is 40.8 Å². The molecule has 0 saturated carbocycles. The molecule has 6 heteroatoms. The molecule has 26 heavy (non-hydrogen) atoms. The molecule has 6 nitrogen and oxygen atoms in total. The summed E-state index contributed by atoms with van der Waals surface area (Å²) in [6.07, 6.45) is 2.67. The van der Waals surface area contributed by atoms with Crippen LogP contribution in [0.25, 0.3) is 0 Å². The predicted molar refractivity (Wildman–Crippen MR) is 96.3 cm³/mol. The molecule has 1 N–H and O–H groups in total. The van der Waals surface area contributed by atoms with Gasteiger partial charge in [-0.2, -0.15) is 0 Å². The first-order chi connectivity index (χ1) is 12.7. The zero-order valence-corrected chi connectivity index (χ0v) is 14.8. The van der Waals surface area contributed by atoms with E-state index in [1.54, 1.807) is 6.07 Å². The first-order valence-corrected chi connectivity index (χ1v) is 9.17. The number of hydrogen-bond acceptors (Lipinski definition) is 5. The Morgan fingerprint density at radius 3 is 2.77 bits per heavy atom. The van der Waals surface area contributed by atoms with Crippen molar-refractivity contribution >= 4 is 5.97 Å². The summed E-state index contributed by atoms with van der Waals surface area (Å²) >= 11 is 0. The van der Waals surface area contributed by atoms with E-state index in [0.717, 1.165) is 24.9 Å². The van der Waals surface area contributed by atoms with Gasteiger partial charge in [-0.1, -0.05) is 12.1 Å². The molecule has 0 spiro atoms. The lowest BCUT2D eigenvalue weighted by Crippen LogP contribution is -2.49. The van der Waals surface area contributed by atoms with Crippen LogP contribution in [-0.2, 0) is 13.2 Å². The Bertz CT molecular complexity index is 755. The van der Waals surface area contributed by atoms with Crippen molar-refractivity contribution in [3.05, 3.63) is 53.5 Å². The highest BCUT2D eigenvalue weighted by molar-refractivity contribution is 5.84. The van der Waals surface area contributed by atoms with Gasteiger partial charge in [-0.05, 0) is 49.2 Å². The molecule has 1 aromatic carbocycles. The summed E-state index contributed by atoms with van der Waals surface area (Å²) in [6.45, 7) is 5.96. The van der Waals surface area contributed by atoms with Crippen LogP contribution in [-0.4, -0.2) is 53.1 Å². The van der Waals surface area contributed by atoms with Crippen molar-refractivity contribution < 1.29 is 19.1 Å². The lowest BCUT2D eigenvalue weighted by atomic mass is 10.1. The van der Waals surface area contributed by atoms with Crippen LogP contribution in [0.2, 0.25) is 0 Å². The number of benzene rings is 1. The van der Waals surface area contributed by atoms with E-state index < -0.39 is 5.97 Å². The number of piperazine rings is 1. The second-order valence-corrected chi connectivity index (χ2v) is 7.07. The molecule has 0 aliphatic carbocycles. The molecule has 1 aromatic heterocycles. The Kier molecular flexibility index (Phi) is 4.95. The monoisotopic (exact) mass is 356 g/mol. The molecule has 0 bridgehead atoms. The van der Waals surface area contributed by atoms with Gasteiger partial charge >= 0.3 is 5.97 Å². The summed E-state index contributed by atoms with van der Waals surface area (Å²) in [5.74, 6) is 0.115. The second kappa shape index (κ2) is 7.51. The van der Waals surface area contributed by atoms with Crippen molar-refractivity contribution in [2.24, 2.45) is 0 Å². The van der Waals surface area contributed by atoms with E-state index in [1.807, 2.05) is 12.1 Å². The van der Waals surface area contributed by atoms with E-state index in [2.05, 4.69) is 21.9 Å². The smallest absolute Gasteiger partial charge is 0.371 e. The highest BCUT2D eigenvalue weighted by atomic mass is 16.5. The number of hydrogen-bond donors (Lipinski definition) is 1. The van der Waals surface area contributed by atoms with Gasteiger partial charge in [-0.15, -0.1) is 0 Å². The largest absolute Gasteiger partial charge is 0.486 e. The lowest BCUT2D eigenvalue weighted by Gasteiger charge is -2.37. The van der Waals surface area contributed by atoms with Crippen molar-refractivity contribution in [1.29, 1.82) is 0 Å². The minimum atomic E-state index is -1.07. The third-order valence-corrected chi connectivity index (χ3v) is 5.25. The van der Waals surface area contributed by atoms with Gasteiger partial charge in [0.2, 0.25) is 5.76 Å². The average molecular weight is 356 g/mol. The summed E-state index contributed by atoms with van der Waals surface area (Å²) in [4.78, 5) is 16.0. The Morgan fingerprint density at radius 1 is 1.15 bits per heavy atom. The number of rotatable bonds is 6. The normalized spacial score (nSPS) is 20.8. The number of fused-ring (bicyclic) bond motifs is 1. The molecule has 138 valence electrons. The third-order valence-electron chi connectivity index (χ3n) is 5.25. The Morgan fingerprint density at radius 2 is 2.00 bits per heavy atom. The van der Waals surface area contributed by atoms with Crippen LogP contribution in [0.5, 0.6) is 5.75 Å². The molecule has 2 saturated heterocycles. The molecule has 2 aromatic rings. The second-order valence-electron chi connectivity index (χ2n) is 7.07. The van der Waals surface area contributed by atoms with Crippen LogP contribution < -0.4 is 4.74 Å². The van der Waals surface area contributed by atoms with Gasteiger partial charge in [-0.25, -0.2) is 4.79 Å². The van der Waals surface area contributed by atoms with Gasteiger partial charge in [0, 0.05) is 32.2 Å². The minimum absolute atomic E-state index is 0.0682. The molecular weight excluding hydrogens is 332 g/mol. The number of ether oxygens (including phenoxy) is 1. The lowest BCUT2D eigenvalue weighted by molar-refractivity contribution is 0.0658. The van der Waals surface area contributed by atoms with Gasteiger partial charge in [0.05, 0.1) is 0 Å². The topological polar surface area (TPSA) is 66.2 Å². The molecule has 4 rings (SSSR count). The van der Waals surface area contributed by atoms with Gasteiger partial charge in [0.1, 0.15) is 18.1 Å². The van der Waals surface area contributed by atoms with Crippen LogP contribution in [0.1, 0.15) is 34.7 Å². The molecule has 2 aliphatic rings. The molecule has 0 amide bonds. The zero-order chi connectivity index (χ0) is 17.9. The maximum atomic E-state index is 10.8. The SMILES string of the molecule is O=C(O)c1ccc(COc2ccc(CN3CCN4CCC[C@H]4C3)cc2)o1. The van der Waals surface area contributed by atoms with E-state index in [1.165, 1.54) is 44.1 Å².